The van der Waals surface area contributed by atoms with Crippen LogP contribution in [0.25, 0.3) is 10.4 Å². The summed E-state index contributed by atoms with van der Waals surface area (Å²) in [4.78, 5) is 42.8. The van der Waals surface area contributed by atoms with E-state index in [9.17, 15) is 19.5 Å². The van der Waals surface area contributed by atoms with Crippen molar-refractivity contribution in [2.45, 2.75) is 99.3 Å². The summed E-state index contributed by atoms with van der Waals surface area (Å²) in [5.41, 5.74) is 4.43. The van der Waals surface area contributed by atoms with Crippen molar-refractivity contribution in [2.75, 3.05) is 26.9 Å². The molecule has 0 bridgehead atoms. The highest BCUT2D eigenvalue weighted by Crippen LogP contribution is 2.28. The molecule has 236 valence electrons. The summed E-state index contributed by atoms with van der Waals surface area (Å²) in [6.45, 7) is 14.8. The summed E-state index contributed by atoms with van der Waals surface area (Å²) in [6, 6.07) is 7.54. The van der Waals surface area contributed by atoms with Gasteiger partial charge >= 0.3 is 5.97 Å². The number of ether oxygens (including phenoxy) is 2. The number of carbonyl (C=O) groups is 3. The van der Waals surface area contributed by atoms with Crippen molar-refractivity contribution in [3.63, 3.8) is 0 Å². The summed E-state index contributed by atoms with van der Waals surface area (Å²) in [5, 5.41) is 12.6. The number of amides is 2. The summed E-state index contributed by atoms with van der Waals surface area (Å²) >= 11 is 1.61. The van der Waals surface area contributed by atoms with Crippen LogP contribution in [0.4, 0.5) is 0 Å². The number of aliphatic hydroxyl groups excluding tert-OH is 1. The number of esters is 1. The van der Waals surface area contributed by atoms with Crippen LogP contribution in [0, 0.1) is 12.3 Å². The predicted molar refractivity (Wildman–Crippen MR) is 168 cm³/mol. The number of nitrogens with zero attached hydrogens (tertiary/aromatic N) is 2. The van der Waals surface area contributed by atoms with E-state index in [-0.39, 0.29) is 36.9 Å². The number of aryl methyl sites for hydroxylation is 1. The normalized spacial score (nSPS) is 16.1. The number of likely N-dealkylation sites (tertiary alicyclic amines) is 1. The van der Waals surface area contributed by atoms with Crippen LogP contribution in [-0.2, 0) is 30.4 Å². The van der Waals surface area contributed by atoms with Gasteiger partial charge < -0.3 is 24.8 Å². The number of thiazole rings is 1. The van der Waals surface area contributed by atoms with Crippen LogP contribution in [0.3, 0.4) is 0 Å². The molecule has 1 aromatic carbocycles. The molecule has 0 radical (unpaired) electrons. The molecule has 1 fully saturated rings. The number of methoxy groups -OCH3 is 1. The lowest BCUT2D eigenvalue weighted by Gasteiger charge is -2.28. The fraction of sp³-hybridized carbons (Fsp3) is 0.625. The molecule has 0 saturated carbocycles. The van der Waals surface area contributed by atoms with Gasteiger partial charge in [0.1, 0.15) is 6.04 Å². The second-order valence-electron chi connectivity index (χ2n) is 11.2. The van der Waals surface area contributed by atoms with Gasteiger partial charge in [0.15, 0.2) is 0 Å². The second-order valence-corrected chi connectivity index (χ2v) is 12.1. The molecule has 2 atom stereocenters. The van der Waals surface area contributed by atoms with Gasteiger partial charge in [-0.3, -0.25) is 14.4 Å². The van der Waals surface area contributed by atoms with Gasteiger partial charge in [-0.25, -0.2) is 4.98 Å². The zero-order chi connectivity index (χ0) is 31.7. The van der Waals surface area contributed by atoms with Crippen molar-refractivity contribution in [2.24, 2.45) is 5.41 Å². The molecule has 2 amide bonds. The first-order valence-corrected chi connectivity index (χ1v) is 15.6. The Balaban J connectivity index is 0.000000978. The third kappa shape index (κ3) is 13.0. The number of aromatic nitrogens is 1. The summed E-state index contributed by atoms with van der Waals surface area (Å²) < 4.78 is 10.1. The monoisotopic (exact) mass is 605 g/mol. The predicted octanol–water partition coefficient (Wildman–Crippen LogP) is 5.53. The molecule has 0 aliphatic carbocycles. The SMILES string of the molecule is CCC.CCCCOC1CC(C(=O)NCc2ccc(-c3scnc3C)cc2)N(C(=O)CC(C)(C)CO)C1.COC(C)=O. The third-order valence-corrected chi connectivity index (χ3v) is 7.49. The maximum atomic E-state index is 13.1. The number of hydrogen-bond acceptors (Lipinski definition) is 8. The average molecular weight is 606 g/mol. The minimum atomic E-state index is -0.562. The molecule has 1 aliphatic heterocycles. The highest BCUT2D eigenvalue weighted by atomic mass is 32.1. The molecular weight excluding hydrogens is 554 g/mol. The molecule has 10 heteroatoms. The first kappa shape index (κ1) is 37.2. The largest absolute Gasteiger partial charge is 0.469 e. The van der Waals surface area contributed by atoms with E-state index < -0.39 is 11.5 Å². The molecule has 3 rings (SSSR count). The highest BCUT2D eigenvalue weighted by molar-refractivity contribution is 7.13. The van der Waals surface area contributed by atoms with Crippen molar-refractivity contribution in [3.8, 4) is 10.4 Å². The first-order valence-electron chi connectivity index (χ1n) is 14.8. The molecule has 2 heterocycles. The molecule has 2 aromatic rings. The van der Waals surface area contributed by atoms with Gasteiger partial charge in [0.05, 0.1) is 29.3 Å². The average Bonchev–Trinajstić information content (AvgIpc) is 3.59. The molecule has 1 aliphatic rings. The van der Waals surface area contributed by atoms with Crippen molar-refractivity contribution in [1.29, 1.82) is 0 Å². The minimum Gasteiger partial charge on any atom is -0.469 e. The minimum absolute atomic E-state index is 0.0864. The Bertz CT molecular complexity index is 1090. The second kappa shape index (κ2) is 19.4. The van der Waals surface area contributed by atoms with E-state index in [1.165, 1.54) is 20.5 Å². The fourth-order valence-corrected chi connectivity index (χ4v) is 4.88. The molecule has 1 aromatic heterocycles. The highest BCUT2D eigenvalue weighted by Gasteiger charge is 2.41. The van der Waals surface area contributed by atoms with E-state index in [1.807, 2.05) is 50.5 Å². The van der Waals surface area contributed by atoms with Crippen molar-refractivity contribution in [3.05, 3.63) is 41.0 Å². The molecule has 2 unspecified atom stereocenters. The van der Waals surface area contributed by atoms with E-state index in [2.05, 4.69) is 35.8 Å². The van der Waals surface area contributed by atoms with Crippen LogP contribution < -0.4 is 5.32 Å². The summed E-state index contributed by atoms with van der Waals surface area (Å²) in [5.74, 6) is -0.533. The molecule has 9 nitrogen and oxygen atoms in total. The topological polar surface area (TPSA) is 118 Å². The molecule has 42 heavy (non-hydrogen) atoms. The van der Waals surface area contributed by atoms with Crippen molar-refractivity contribution in [1.82, 2.24) is 15.2 Å². The van der Waals surface area contributed by atoms with Crippen LogP contribution in [0.2, 0.25) is 0 Å². The molecular formula is C32H51N3O6S. The summed E-state index contributed by atoms with van der Waals surface area (Å²) in [7, 11) is 1.35. The zero-order valence-electron chi connectivity index (χ0n) is 26.7. The Morgan fingerprint density at radius 3 is 2.29 bits per heavy atom. The van der Waals surface area contributed by atoms with Gasteiger partial charge in [-0.05, 0) is 29.9 Å². The van der Waals surface area contributed by atoms with E-state index >= 15 is 0 Å². The third-order valence-electron chi connectivity index (χ3n) is 6.51. The van der Waals surface area contributed by atoms with Gasteiger partial charge in [0.25, 0.3) is 0 Å². The van der Waals surface area contributed by atoms with E-state index in [0.29, 0.717) is 26.1 Å². The quantitative estimate of drug-likeness (QED) is 0.256. The van der Waals surface area contributed by atoms with E-state index in [4.69, 9.17) is 4.74 Å². The van der Waals surface area contributed by atoms with Gasteiger partial charge in [-0.1, -0.05) is 71.7 Å². The van der Waals surface area contributed by atoms with Crippen LogP contribution in [-0.4, -0.2) is 71.8 Å². The van der Waals surface area contributed by atoms with Gasteiger partial charge in [-0.2, -0.15) is 0 Å². The van der Waals surface area contributed by atoms with E-state index in [0.717, 1.165) is 34.5 Å². The zero-order valence-corrected chi connectivity index (χ0v) is 27.5. The Hall–Kier alpha value is -2.82. The molecule has 0 spiro atoms. The van der Waals surface area contributed by atoms with Gasteiger partial charge in [-0.15, -0.1) is 11.3 Å². The lowest BCUT2D eigenvalue weighted by atomic mass is 9.90. The summed E-state index contributed by atoms with van der Waals surface area (Å²) in [6.07, 6.45) is 3.77. The lowest BCUT2D eigenvalue weighted by Crippen LogP contribution is -2.46. The maximum Gasteiger partial charge on any atom is 0.302 e. The van der Waals surface area contributed by atoms with Crippen molar-refractivity contribution < 1.29 is 29.0 Å². The Morgan fingerprint density at radius 2 is 1.79 bits per heavy atom. The number of carbonyl (C=O) groups excluding carboxylic acids is 3. The number of benzene rings is 1. The number of hydrogen-bond donors (Lipinski definition) is 2. The fourth-order valence-electron chi connectivity index (χ4n) is 4.06. The van der Waals surface area contributed by atoms with Crippen molar-refractivity contribution >= 4 is 29.1 Å². The van der Waals surface area contributed by atoms with E-state index in [1.54, 1.807) is 16.2 Å². The van der Waals surface area contributed by atoms with Crippen LogP contribution >= 0.6 is 11.3 Å². The number of rotatable bonds is 11. The van der Waals surface area contributed by atoms with Crippen LogP contribution in [0.15, 0.2) is 29.8 Å². The Labute approximate surface area is 256 Å². The number of aliphatic hydroxyl groups is 1. The van der Waals surface area contributed by atoms with Crippen LogP contribution in [0.5, 0.6) is 0 Å². The Morgan fingerprint density at radius 1 is 1.17 bits per heavy atom. The molecule has 2 N–H and O–H groups in total. The number of nitrogens with one attached hydrogen (secondary N) is 1. The smallest absolute Gasteiger partial charge is 0.302 e. The van der Waals surface area contributed by atoms with Gasteiger partial charge in [0, 0.05) is 46.1 Å². The molecule has 1 saturated heterocycles. The van der Waals surface area contributed by atoms with Gasteiger partial charge in [0.2, 0.25) is 11.8 Å². The first-order chi connectivity index (χ1) is 19.9. The standard InChI is InChI=1S/C26H37N3O4S.C3H6O2.C3H8/c1-5-6-11-33-21-12-22(29(15-21)23(31)13-26(3,4)16-30)25(32)27-14-19-7-9-20(10-8-19)24-18(2)28-17-34-24;1-3(4)5-2;1-3-2/h7-10,17,21-22,30H,5-6,11-16H2,1-4H3,(H,27,32);1-2H3;3H2,1-2H3. The Kier molecular flexibility index (Phi) is 17.2. The maximum absolute atomic E-state index is 13.1. The van der Waals surface area contributed by atoms with Crippen LogP contribution in [0.1, 0.15) is 84.9 Å². The number of unbranched alkanes of at least 4 members (excludes halogenated alkanes) is 1. The lowest BCUT2D eigenvalue weighted by molar-refractivity contribution is -0.140.